The van der Waals surface area contributed by atoms with Crippen molar-refractivity contribution in [3.8, 4) is 0 Å². The van der Waals surface area contributed by atoms with Crippen LogP contribution in [0.25, 0.3) is 6.08 Å². The molecule has 0 radical (unpaired) electrons. The Balaban J connectivity index is 1.46. The average molecular weight is 641 g/mol. The second-order valence-electron chi connectivity index (χ2n) is 11.2. The lowest BCUT2D eigenvalue weighted by Gasteiger charge is -2.35. The molecule has 0 aromatic heterocycles. The molecule has 2 amide bonds. The number of aliphatic imine (C=N–C) groups is 1. The fourth-order valence-electron chi connectivity index (χ4n) is 4.55. The van der Waals surface area contributed by atoms with Gasteiger partial charge in [-0.05, 0) is 74.0 Å². The number of hydrogen-bond acceptors (Lipinski definition) is 7. The van der Waals surface area contributed by atoms with Crippen LogP contribution >= 0.6 is 11.8 Å². The van der Waals surface area contributed by atoms with Gasteiger partial charge in [-0.1, -0.05) is 12.1 Å². The number of rotatable bonds is 6. The Labute approximate surface area is 253 Å². The first-order valence-electron chi connectivity index (χ1n) is 13.4. The molecule has 0 unspecified atom stereocenters. The molecule has 236 valence electrons. The minimum Gasteiger partial charge on any atom is -0.380 e. The summed E-state index contributed by atoms with van der Waals surface area (Å²) in [6.45, 7) is 6.58. The molecular weight excluding hydrogens is 610 g/mol. The quantitative estimate of drug-likeness (QED) is 0.189. The zero-order valence-corrected chi connectivity index (χ0v) is 24.7. The molecule has 1 saturated heterocycles. The van der Waals surface area contributed by atoms with Crippen LogP contribution in [-0.2, 0) is 28.5 Å². The van der Waals surface area contributed by atoms with Gasteiger partial charge in [-0.25, -0.2) is 0 Å². The molecule has 2 aromatic carbocycles. The van der Waals surface area contributed by atoms with Crippen LogP contribution in [0.5, 0.6) is 0 Å². The van der Waals surface area contributed by atoms with Crippen LogP contribution in [0.15, 0.2) is 46.3 Å². The molecular formula is C29H30F6N6O2S. The molecule has 15 heteroatoms. The highest BCUT2D eigenvalue weighted by Gasteiger charge is 2.38. The Hall–Kier alpha value is -3.85. The van der Waals surface area contributed by atoms with Crippen LogP contribution < -0.4 is 16.0 Å². The van der Waals surface area contributed by atoms with E-state index in [1.165, 1.54) is 6.07 Å². The normalized spacial score (nSPS) is 18.8. The molecule has 2 aliphatic heterocycles. The standard InChI is InChI=1S/C29H30F6N6O2S/c1-27(2,3)40-24(42)22-15-41(9-8-37-22)26-39-25(43)23(44-26)11-16-4-7-21(18(10-16)13-36)38-14-17-5-6-19(28(30,31)32)12-20(17)29(33,34)35/h4-7,10-13,22,36-38H,8-9,14-15H2,1-3H3,(H,40,42)/b23-11-,36-13?/t22-/m0/s1. The number of halogens is 6. The van der Waals surface area contributed by atoms with Crippen molar-refractivity contribution in [3.63, 3.8) is 0 Å². The third-order valence-corrected chi connectivity index (χ3v) is 7.66. The number of nitrogens with one attached hydrogen (secondary N) is 4. The molecule has 1 atom stereocenters. The van der Waals surface area contributed by atoms with E-state index in [1.54, 1.807) is 18.2 Å². The van der Waals surface area contributed by atoms with E-state index in [1.807, 2.05) is 25.7 Å². The highest BCUT2D eigenvalue weighted by Crippen LogP contribution is 2.38. The van der Waals surface area contributed by atoms with Crippen molar-refractivity contribution in [3.05, 3.63) is 69.1 Å². The Kier molecular flexibility index (Phi) is 9.49. The number of anilines is 1. The molecule has 4 N–H and O–H groups in total. The van der Waals surface area contributed by atoms with Crippen molar-refractivity contribution in [1.29, 1.82) is 5.41 Å². The molecule has 0 aliphatic carbocycles. The summed E-state index contributed by atoms with van der Waals surface area (Å²) < 4.78 is 79.6. The van der Waals surface area contributed by atoms with Gasteiger partial charge in [-0.3, -0.25) is 9.59 Å². The van der Waals surface area contributed by atoms with Crippen molar-refractivity contribution in [2.75, 3.05) is 25.0 Å². The molecule has 2 heterocycles. The Bertz CT molecular complexity index is 1510. The summed E-state index contributed by atoms with van der Waals surface area (Å²) in [6, 6.07) is 5.60. The van der Waals surface area contributed by atoms with Crippen molar-refractivity contribution in [2.24, 2.45) is 4.99 Å². The first kappa shape index (κ1) is 33.1. The predicted octanol–water partition coefficient (Wildman–Crippen LogP) is 5.49. The topological polar surface area (TPSA) is 110 Å². The van der Waals surface area contributed by atoms with Gasteiger partial charge in [0.05, 0.1) is 16.0 Å². The first-order chi connectivity index (χ1) is 20.4. The van der Waals surface area contributed by atoms with Crippen molar-refractivity contribution < 1.29 is 35.9 Å². The molecule has 44 heavy (non-hydrogen) atoms. The van der Waals surface area contributed by atoms with Crippen LogP contribution in [0.3, 0.4) is 0 Å². The van der Waals surface area contributed by atoms with Crippen molar-refractivity contribution in [1.82, 2.24) is 15.5 Å². The fraction of sp³-hybridized carbons (Fsp3) is 0.379. The number of amidine groups is 1. The van der Waals surface area contributed by atoms with E-state index in [-0.39, 0.29) is 23.2 Å². The van der Waals surface area contributed by atoms with Crippen LogP contribution in [0.1, 0.15) is 48.6 Å². The smallest absolute Gasteiger partial charge is 0.380 e. The van der Waals surface area contributed by atoms with Gasteiger partial charge in [0.15, 0.2) is 5.17 Å². The molecule has 0 bridgehead atoms. The summed E-state index contributed by atoms with van der Waals surface area (Å²) in [5, 5.41) is 17.1. The fourth-order valence-corrected chi connectivity index (χ4v) is 5.50. The number of piperazine rings is 1. The van der Waals surface area contributed by atoms with E-state index in [4.69, 9.17) is 5.41 Å². The Morgan fingerprint density at radius 3 is 2.48 bits per heavy atom. The van der Waals surface area contributed by atoms with Crippen LogP contribution in [0.4, 0.5) is 32.0 Å². The van der Waals surface area contributed by atoms with Gasteiger partial charge in [-0.2, -0.15) is 31.3 Å². The lowest BCUT2D eigenvalue weighted by Crippen LogP contribution is -2.60. The number of amides is 2. The second-order valence-corrected chi connectivity index (χ2v) is 12.2. The van der Waals surface area contributed by atoms with E-state index in [0.29, 0.717) is 41.3 Å². The molecule has 2 aromatic rings. The van der Waals surface area contributed by atoms with Gasteiger partial charge in [0.1, 0.15) is 6.04 Å². The van der Waals surface area contributed by atoms with E-state index in [0.717, 1.165) is 24.0 Å². The number of carbonyl (C=O) groups is 2. The van der Waals surface area contributed by atoms with Crippen LogP contribution in [0, 0.1) is 5.41 Å². The number of alkyl halides is 6. The number of hydrogen-bond donors (Lipinski definition) is 4. The van der Waals surface area contributed by atoms with Crippen LogP contribution in [0.2, 0.25) is 0 Å². The largest absolute Gasteiger partial charge is 0.416 e. The van der Waals surface area contributed by atoms with E-state index < -0.39 is 53.1 Å². The second kappa shape index (κ2) is 12.6. The van der Waals surface area contributed by atoms with Gasteiger partial charge in [0.25, 0.3) is 5.91 Å². The minimum atomic E-state index is -5.00. The van der Waals surface area contributed by atoms with Gasteiger partial charge >= 0.3 is 12.4 Å². The van der Waals surface area contributed by atoms with Gasteiger partial charge in [-0.15, -0.1) is 0 Å². The molecule has 0 saturated carbocycles. The first-order valence-corrected chi connectivity index (χ1v) is 14.2. The number of thioether (sulfide) groups is 1. The van der Waals surface area contributed by atoms with E-state index in [9.17, 15) is 35.9 Å². The lowest BCUT2D eigenvalue weighted by atomic mass is 10.0. The average Bonchev–Trinajstić information content (AvgIpc) is 3.30. The molecule has 0 spiro atoms. The number of carbonyl (C=O) groups excluding carboxylic acids is 2. The monoisotopic (exact) mass is 640 g/mol. The number of benzene rings is 2. The lowest BCUT2D eigenvalue weighted by molar-refractivity contribution is -0.143. The third-order valence-electron chi connectivity index (χ3n) is 6.61. The summed E-state index contributed by atoms with van der Waals surface area (Å²) in [5.74, 6) is -0.631. The molecule has 2 aliphatic rings. The van der Waals surface area contributed by atoms with Crippen molar-refractivity contribution >= 4 is 46.7 Å². The summed E-state index contributed by atoms with van der Waals surface area (Å²) >= 11 is 1.15. The highest BCUT2D eigenvalue weighted by atomic mass is 32.2. The zero-order chi connectivity index (χ0) is 32.4. The molecule has 4 rings (SSSR count). The SMILES string of the molecule is CC(C)(C)NC(=O)[C@@H]1CN(C2=NC(=O)/C(=C/c3ccc(NCc4ccc(C(F)(F)F)cc4C(F)(F)F)c(C=N)c3)S2)CCN1. The summed E-state index contributed by atoms with van der Waals surface area (Å²) in [4.78, 5) is 31.6. The zero-order valence-electron chi connectivity index (χ0n) is 23.9. The maximum absolute atomic E-state index is 13.5. The van der Waals surface area contributed by atoms with Gasteiger partial charge in [0, 0.05) is 49.2 Å². The molecule has 1 fully saturated rings. The van der Waals surface area contributed by atoms with E-state index >= 15 is 0 Å². The van der Waals surface area contributed by atoms with Crippen molar-refractivity contribution in [2.45, 2.75) is 51.2 Å². The highest BCUT2D eigenvalue weighted by molar-refractivity contribution is 8.18. The summed E-state index contributed by atoms with van der Waals surface area (Å²) in [7, 11) is 0. The third kappa shape index (κ3) is 8.20. The summed E-state index contributed by atoms with van der Waals surface area (Å²) in [6.07, 6.45) is -7.39. The Morgan fingerprint density at radius 1 is 1.11 bits per heavy atom. The van der Waals surface area contributed by atoms with Gasteiger partial charge < -0.3 is 26.3 Å². The maximum atomic E-state index is 13.5. The number of nitrogens with zero attached hydrogens (tertiary/aromatic N) is 2. The van der Waals surface area contributed by atoms with E-state index in [2.05, 4.69) is 20.9 Å². The minimum absolute atomic E-state index is 0.0810. The maximum Gasteiger partial charge on any atom is 0.416 e. The Morgan fingerprint density at radius 2 is 1.84 bits per heavy atom. The van der Waals surface area contributed by atoms with Gasteiger partial charge in [0.2, 0.25) is 5.91 Å². The summed E-state index contributed by atoms with van der Waals surface area (Å²) in [5.41, 5.74) is -2.52. The van der Waals surface area contributed by atoms with Crippen LogP contribution in [-0.4, -0.2) is 59.3 Å². The predicted molar refractivity (Wildman–Crippen MR) is 157 cm³/mol. The molecule has 8 nitrogen and oxygen atoms in total.